The van der Waals surface area contributed by atoms with Crippen LogP contribution in [-0.4, -0.2) is 18.0 Å². The highest BCUT2D eigenvalue weighted by Crippen LogP contribution is 2.26. The minimum Gasteiger partial charge on any atom is -0.373 e. The Morgan fingerprint density at radius 1 is 1.36 bits per heavy atom. The Labute approximate surface area is 135 Å². The van der Waals surface area contributed by atoms with E-state index < -0.39 is 0 Å². The number of hydrogen-bond donors (Lipinski definition) is 0. The molecule has 1 unspecified atom stereocenters. The van der Waals surface area contributed by atoms with Gasteiger partial charge in [-0.1, -0.05) is 49.8 Å². The summed E-state index contributed by atoms with van der Waals surface area (Å²) < 4.78 is 0. The summed E-state index contributed by atoms with van der Waals surface area (Å²) >= 11 is 0. The summed E-state index contributed by atoms with van der Waals surface area (Å²) in [6, 6.07) is 2.74. The van der Waals surface area contributed by atoms with Crippen molar-refractivity contribution in [2.24, 2.45) is 5.92 Å². The normalized spacial score (nSPS) is 19.1. The summed E-state index contributed by atoms with van der Waals surface area (Å²) in [4.78, 5) is 2.25. The zero-order valence-corrected chi connectivity index (χ0v) is 14.7. The summed E-state index contributed by atoms with van der Waals surface area (Å²) in [5.41, 5.74) is 4.01. The molecule has 0 radical (unpaired) electrons. The fraction of sp³-hybridized carbons (Fsp3) is 0.450. The maximum absolute atomic E-state index is 9.38. The van der Waals surface area contributed by atoms with Crippen LogP contribution in [0, 0.1) is 17.2 Å². The average molecular weight is 296 g/mol. The van der Waals surface area contributed by atoms with Crippen LogP contribution in [0.4, 0.5) is 0 Å². The predicted molar refractivity (Wildman–Crippen MR) is 95.1 cm³/mol. The lowest BCUT2D eigenvalue weighted by molar-refractivity contribution is 0.327. The molecule has 0 saturated carbocycles. The molecule has 0 amide bonds. The van der Waals surface area contributed by atoms with E-state index in [-0.39, 0.29) is 0 Å². The highest BCUT2D eigenvalue weighted by Gasteiger charge is 2.17. The molecule has 0 aromatic heterocycles. The number of rotatable bonds is 5. The summed E-state index contributed by atoms with van der Waals surface area (Å²) in [5, 5.41) is 9.38. The molecule has 1 rings (SSSR count). The smallest absolute Gasteiger partial charge is 0.0994 e. The zero-order valence-electron chi connectivity index (χ0n) is 14.7. The highest BCUT2D eigenvalue weighted by molar-refractivity contribution is 5.58. The summed E-state index contributed by atoms with van der Waals surface area (Å²) in [7, 11) is 2.11. The van der Waals surface area contributed by atoms with Crippen molar-refractivity contribution >= 4 is 0 Å². The molecule has 0 spiro atoms. The van der Waals surface area contributed by atoms with Crippen LogP contribution in [0.1, 0.15) is 41.0 Å². The molecule has 0 N–H and O–H groups in total. The fourth-order valence-corrected chi connectivity index (χ4v) is 2.47. The lowest BCUT2D eigenvalue weighted by atomic mass is 9.93. The Morgan fingerprint density at radius 2 is 2.05 bits per heavy atom. The minimum atomic E-state index is 0.435. The van der Waals surface area contributed by atoms with Gasteiger partial charge >= 0.3 is 0 Å². The van der Waals surface area contributed by atoms with Crippen molar-refractivity contribution in [2.75, 3.05) is 7.05 Å². The van der Waals surface area contributed by atoms with Crippen molar-refractivity contribution < 1.29 is 0 Å². The van der Waals surface area contributed by atoms with Crippen molar-refractivity contribution in [1.82, 2.24) is 4.90 Å². The number of allylic oxidation sites excluding steroid dienone is 8. The van der Waals surface area contributed by atoms with Crippen LogP contribution in [0.15, 0.2) is 58.9 Å². The Bertz CT molecular complexity index is 573. The molecule has 0 fully saturated rings. The monoisotopic (exact) mass is 296 g/mol. The van der Waals surface area contributed by atoms with Crippen LogP contribution in [0.5, 0.6) is 0 Å². The van der Waals surface area contributed by atoms with Gasteiger partial charge in [0.05, 0.1) is 11.6 Å². The minimum absolute atomic E-state index is 0.435. The number of nitrogens with zero attached hydrogens (tertiary/aromatic N) is 2. The average Bonchev–Trinajstić information content (AvgIpc) is 2.45. The topological polar surface area (TPSA) is 27.0 Å². The first-order valence-electron chi connectivity index (χ1n) is 7.93. The van der Waals surface area contributed by atoms with E-state index in [2.05, 4.69) is 70.1 Å². The molecule has 0 bridgehead atoms. The van der Waals surface area contributed by atoms with E-state index >= 15 is 0 Å². The van der Waals surface area contributed by atoms with Crippen molar-refractivity contribution in [2.45, 2.75) is 47.1 Å². The molecule has 0 aliphatic carbocycles. The molecule has 1 aliphatic rings. The van der Waals surface area contributed by atoms with Gasteiger partial charge in [0.25, 0.3) is 0 Å². The summed E-state index contributed by atoms with van der Waals surface area (Å²) in [6.45, 7) is 10.5. The molecule has 0 saturated heterocycles. The van der Waals surface area contributed by atoms with Gasteiger partial charge in [-0.2, -0.15) is 5.26 Å². The third kappa shape index (κ3) is 5.07. The molecule has 0 aromatic carbocycles. The number of hydrogen-bond acceptors (Lipinski definition) is 2. The van der Waals surface area contributed by atoms with Crippen LogP contribution in [0.25, 0.3) is 0 Å². The molecule has 1 aliphatic heterocycles. The van der Waals surface area contributed by atoms with E-state index in [0.717, 1.165) is 17.6 Å². The fourth-order valence-electron chi connectivity index (χ4n) is 2.47. The molecule has 2 nitrogen and oxygen atoms in total. The van der Waals surface area contributed by atoms with Gasteiger partial charge in [0.15, 0.2) is 0 Å². The van der Waals surface area contributed by atoms with E-state index in [1.807, 2.05) is 19.1 Å². The molecular formula is C20H28N2. The first-order valence-corrected chi connectivity index (χ1v) is 7.93. The van der Waals surface area contributed by atoms with E-state index in [4.69, 9.17) is 0 Å². The molecule has 118 valence electrons. The van der Waals surface area contributed by atoms with Gasteiger partial charge in [-0.15, -0.1) is 0 Å². The van der Waals surface area contributed by atoms with Crippen LogP contribution in [0.3, 0.4) is 0 Å². The first-order chi connectivity index (χ1) is 10.4. The van der Waals surface area contributed by atoms with Crippen molar-refractivity contribution in [3.05, 3.63) is 58.9 Å². The predicted octanol–water partition coefficient (Wildman–Crippen LogP) is 5.15. The van der Waals surface area contributed by atoms with E-state index in [0.29, 0.717) is 17.5 Å². The van der Waals surface area contributed by atoms with Crippen molar-refractivity contribution in [3.63, 3.8) is 0 Å². The lowest BCUT2D eigenvalue weighted by Crippen LogP contribution is -2.29. The first kappa shape index (κ1) is 18.0. The van der Waals surface area contributed by atoms with E-state index in [1.54, 1.807) is 0 Å². The Morgan fingerprint density at radius 3 is 2.50 bits per heavy atom. The van der Waals surface area contributed by atoms with Crippen LogP contribution >= 0.6 is 0 Å². The molecule has 22 heavy (non-hydrogen) atoms. The second-order valence-corrected chi connectivity index (χ2v) is 6.44. The Balaban J connectivity index is 3.14. The van der Waals surface area contributed by atoms with E-state index in [9.17, 15) is 5.26 Å². The standard InChI is InChI=1S/C20H28N2/c1-7-17(13-21)20(11-8-15(2)3)18-9-10-19(12-16(4)5)22(6)14-18/h7-11,14,16,19H,12H2,1-6H3/b17-7-,20-11+. The van der Waals surface area contributed by atoms with Crippen LogP contribution in [0.2, 0.25) is 0 Å². The number of nitriles is 1. The molecule has 1 heterocycles. The third-order valence-electron chi connectivity index (χ3n) is 3.67. The second kappa shape index (κ2) is 8.44. The summed E-state index contributed by atoms with van der Waals surface area (Å²) in [5.74, 6) is 0.665. The van der Waals surface area contributed by atoms with Gasteiger partial charge in [0.2, 0.25) is 0 Å². The SMILES string of the molecule is C/C=C(C#N)\C(=C/C=C(C)C)C1=CN(C)C(CC(C)C)C=C1. The van der Waals surface area contributed by atoms with Gasteiger partial charge in [-0.3, -0.25) is 0 Å². The number of likely N-dealkylation sites (N-methyl/N-ethyl adjacent to an activating group) is 1. The van der Waals surface area contributed by atoms with Gasteiger partial charge in [-0.05, 0) is 38.7 Å². The van der Waals surface area contributed by atoms with Gasteiger partial charge < -0.3 is 4.90 Å². The largest absolute Gasteiger partial charge is 0.373 e. The maximum Gasteiger partial charge on any atom is 0.0994 e. The lowest BCUT2D eigenvalue weighted by Gasteiger charge is -2.30. The van der Waals surface area contributed by atoms with Gasteiger partial charge in [0, 0.05) is 24.9 Å². The highest BCUT2D eigenvalue weighted by atomic mass is 15.1. The van der Waals surface area contributed by atoms with E-state index in [1.165, 1.54) is 5.57 Å². The summed E-state index contributed by atoms with van der Waals surface area (Å²) in [6.07, 6.45) is 13.7. The Hall–Kier alpha value is -2.01. The third-order valence-corrected chi connectivity index (χ3v) is 3.67. The quantitative estimate of drug-likeness (QED) is 0.518. The molecular weight excluding hydrogens is 268 g/mol. The second-order valence-electron chi connectivity index (χ2n) is 6.44. The van der Waals surface area contributed by atoms with Gasteiger partial charge in [0.1, 0.15) is 0 Å². The van der Waals surface area contributed by atoms with Crippen molar-refractivity contribution in [1.29, 1.82) is 5.26 Å². The van der Waals surface area contributed by atoms with Crippen LogP contribution in [-0.2, 0) is 0 Å². The van der Waals surface area contributed by atoms with Crippen LogP contribution < -0.4 is 0 Å². The Kier molecular flexibility index (Phi) is 6.92. The van der Waals surface area contributed by atoms with Crippen molar-refractivity contribution in [3.8, 4) is 6.07 Å². The zero-order chi connectivity index (χ0) is 16.7. The molecule has 2 heteroatoms. The molecule has 0 aromatic rings. The van der Waals surface area contributed by atoms with Gasteiger partial charge in [-0.25, -0.2) is 0 Å². The maximum atomic E-state index is 9.38. The molecule has 1 atom stereocenters.